The summed E-state index contributed by atoms with van der Waals surface area (Å²) in [5, 5.41) is 13.4. The number of nitrogens with one attached hydrogen (secondary N) is 1. The van der Waals surface area contributed by atoms with E-state index in [1.807, 2.05) is 4.57 Å². The first-order valence-corrected chi connectivity index (χ1v) is 9.45. The fourth-order valence-electron chi connectivity index (χ4n) is 4.04. The lowest BCUT2D eigenvalue weighted by Crippen LogP contribution is -2.21. The number of nitriles is 1. The number of rotatable bonds is 1. The van der Waals surface area contributed by atoms with Crippen molar-refractivity contribution in [3.63, 3.8) is 0 Å². The quantitative estimate of drug-likeness (QED) is 0.370. The summed E-state index contributed by atoms with van der Waals surface area (Å²) >= 11 is 3.85. The molecule has 2 aromatic heterocycles. The first-order valence-electron chi connectivity index (χ1n) is 9.00. The average molecular weight is 387 g/mol. The zero-order chi connectivity index (χ0) is 19.4. The maximum atomic E-state index is 14.6. The van der Waals surface area contributed by atoms with Crippen LogP contribution < -0.4 is 5.43 Å². The molecule has 1 N–H and O–H groups in total. The van der Waals surface area contributed by atoms with Crippen molar-refractivity contribution in [2.24, 2.45) is 0 Å². The molecule has 4 nitrogen and oxygen atoms in total. The smallest absolute Gasteiger partial charge is 0.199 e. The molecule has 2 heterocycles. The van der Waals surface area contributed by atoms with Crippen molar-refractivity contribution in [2.45, 2.75) is 25.3 Å². The number of pyridine rings is 1. The summed E-state index contributed by atoms with van der Waals surface area (Å²) < 4.78 is 16.7. The Morgan fingerprint density at radius 2 is 2.04 bits per heavy atom. The van der Waals surface area contributed by atoms with Gasteiger partial charge in [-0.1, -0.05) is 24.6 Å². The summed E-state index contributed by atoms with van der Waals surface area (Å²) in [7, 11) is 0. The lowest BCUT2D eigenvalue weighted by atomic mass is 9.91. The van der Waals surface area contributed by atoms with Crippen molar-refractivity contribution in [1.82, 2.24) is 9.55 Å². The largest absolute Gasteiger partial charge is 0.340 e. The summed E-state index contributed by atoms with van der Waals surface area (Å²) in [4.78, 5) is 16.7. The van der Waals surface area contributed by atoms with Gasteiger partial charge in [0.05, 0.1) is 28.1 Å². The second-order valence-corrected chi connectivity index (χ2v) is 7.31. The predicted molar refractivity (Wildman–Crippen MR) is 111 cm³/mol. The van der Waals surface area contributed by atoms with E-state index >= 15 is 0 Å². The summed E-state index contributed by atoms with van der Waals surface area (Å²) in [6, 6.07) is 10.5. The Bertz CT molecular complexity index is 1460. The van der Waals surface area contributed by atoms with Gasteiger partial charge in [0, 0.05) is 22.3 Å². The molecule has 136 valence electrons. The predicted octanol–water partition coefficient (Wildman–Crippen LogP) is 4.61. The number of H-pyrrole nitrogens is 1. The van der Waals surface area contributed by atoms with Crippen LogP contribution in [0.3, 0.4) is 0 Å². The first-order chi connectivity index (χ1) is 13.6. The zero-order valence-electron chi connectivity index (χ0n) is 14.7. The molecule has 0 unspecified atom stereocenters. The first kappa shape index (κ1) is 16.9. The fraction of sp³-hybridized carbons (Fsp3) is 0.182. The highest BCUT2D eigenvalue weighted by atomic mass is 32.1. The van der Waals surface area contributed by atoms with Crippen LogP contribution in [0.1, 0.15) is 36.4 Å². The molecule has 1 aliphatic carbocycles. The molecule has 0 spiro atoms. The molecule has 2 aromatic carbocycles. The molecule has 0 radical (unpaired) electrons. The third-order valence-electron chi connectivity index (χ3n) is 5.60. The number of benzene rings is 2. The highest BCUT2D eigenvalue weighted by Gasteiger charge is 2.26. The van der Waals surface area contributed by atoms with Gasteiger partial charge in [-0.2, -0.15) is 5.26 Å². The van der Waals surface area contributed by atoms with Crippen molar-refractivity contribution in [3.05, 3.63) is 57.5 Å². The van der Waals surface area contributed by atoms with Gasteiger partial charge in [-0.15, -0.1) is 0 Å². The van der Waals surface area contributed by atoms with E-state index in [1.54, 1.807) is 18.2 Å². The minimum absolute atomic E-state index is 0.158. The van der Waals surface area contributed by atoms with Gasteiger partial charge in [0.15, 0.2) is 5.43 Å². The SMILES string of the molecule is N#Cc1ccc2c(c1)[nH]c1c2c(=O)c2cc(C#CS)c(F)cc2n1C1CCC1. The summed E-state index contributed by atoms with van der Waals surface area (Å²) in [6.07, 6.45) is 3.06. The van der Waals surface area contributed by atoms with Gasteiger partial charge in [-0.3, -0.25) is 4.79 Å². The van der Waals surface area contributed by atoms with E-state index < -0.39 is 5.82 Å². The molecule has 1 aliphatic rings. The molecule has 28 heavy (non-hydrogen) atoms. The second kappa shape index (κ2) is 6.15. The Kier molecular flexibility index (Phi) is 3.72. The van der Waals surface area contributed by atoms with E-state index in [1.165, 1.54) is 12.1 Å². The zero-order valence-corrected chi connectivity index (χ0v) is 15.6. The minimum Gasteiger partial charge on any atom is -0.340 e. The van der Waals surface area contributed by atoms with Crippen LogP contribution in [0.25, 0.3) is 32.8 Å². The summed E-state index contributed by atoms with van der Waals surface area (Å²) in [5.41, 5.74) is 2.48. The van der Waals surface area contributed by atoms with Crippen molar-refractivity contribution in [2.75, 3.05) is 0 Å². The van der Waals surface area contributed by atoms with Gasteiger partial charge in [0.25, 0.3) is 0 Å². The van der Waals surface area contributed by atoms with Crippen LogP contribution in [-0.4, -0.2) is 9.55 Å². The van der Waals surface area contributed by atoms with Gasteiger partial charge >= 0.3 is 0 Å². The molecule has 0 amide bonds. The molecule has 0 saturated heterocycles. The van der Waals surface area contributed by atoms with Crippen molar-refractivity contribution < 1.29 is 4.39 Å². The van der Waals surface area contributed by atoms with Crippen LogP contribution in [-0.2, 0) is 0 Å². The van der Waals surface area contributed by atoms with Gasteiger partial charge in [-0.25, -0.2) is 4.39 Å². The number of fused-ring (bicyclic) bond motifs is 4. The number of halogens is 1. The van der Waals surface area contributed by atoms with Gasteiger partial charge in [-0.05, 0) is 48.8 Å². The molecule has 5 rings (SSSR count). The third-order valence-corrected chi connectivity index (χ3v) is 5.71. The Hall–Kier alpha value is -3.22. The topological polar surface area (TPSA) is 61.6 Å². The van der Waals surface area contributed by atoms with Crippen LogP contribution in [0.4, 0.5) is 4.39 Å². The maximum Gasteiger partial charge on any atom is 0.199 e. The summed E-state index contributed by atoms with van der Waals surface area (Å²) in [5.74, 6) is 2.14. The normalized spacial score (nSPS) is 14.0. The van der Waals surface area contributed by atoms with E-state index in [2.05, 4.69) is 34.9 Å². The number of aromatic amines is 1. The third kappa shape index (κ3) is 2.28. The molecule has 0 aliphatic heterocycles. The highest BCUT2D eigenvalue weighted by Crippen LogP contribution is 2.38. The monoisotopic (exact) mass is 387 g/mol. The lowest BCUT2D eigenvalue weighted by Gasteiger charge is -2.30. The van der Waals surface area contributed by atoms with Crippen LogP contribution >= 0.6 is 12.6 Å². The number of thiol groups is 1. The van der Waals surface area contributed by atoms with Crippen LogP contribution in [0.5, 0.6) is 0 Å². The molecule has 4 aromatic rings. The van der Waals surface area contributed by atoms with E-state index in [4.69, 9.17) is 0 Å². The molecular weight excluding hydrogens is 373 g/mol. The maximum absolute atomic E-state index is 14.6. The van der Waals surface area contributed by atoms with Crippen molar-refractivity contribution in [3.8, 4) is 17.2 Å². The molecule has 0 bridgehead atoms. The average Bonchev–Trinajstić information content (AvgIpc) is 3.03. The van der Waals surface area contributed by atoms with Crippen molar-refractivity contribution in [1.29, 1.82) is 5.26 Å². The number of nitrogens with zero attached hydrogens (tertiary/aromatic N) is 2. The van der Waals surface area contributed by atoms with Crippen LogP contribution in [0.2, 0.25) is 0 Å². The second-order valence-electron chi connectivity index (χ2n) is 7.09. The Balaban J connectivity index is 2.01. The standard InChI is InChI=1S/C22H14FN3OS/c23-17-10-19-16(9-13(17)6-7-28)21(27)20-15-5-4-12(11-24)8-18(15)25-22(20)26(19)14-2-1-3-14/h4-5,8-10,14,25,28H,1-3H2. The molecule has 1 saturated carbocycles. The molecule has 1 fully saturated rings. The van der Waals surface area contributed by atoms with Crippen LogP contribution in [0, 0.1) is 28.3 Å². The Morgan fingerprint density at radius 3 is 2.71 bits per heavy atom. The molecule has 0 atom stereocenters. The van der Waals surface area contributed by atoms with Gasteiger partial charge < -0.3 is 9.55 Å². The molecule has 6 heteroatoms. The van der Waals surface area contributed by atoms with Gasteiger partial charge in [0.2, 0.25) is 0 Å². The number of aromatic nitrogens is 2. The summed E-state index contributed by atoms with van der Waals surface area (Å²) in [6.45, 7) is 0. The van der Waals surface area contributed by atoms with E-state index in [-0.39, 0.29) is 17.0 Å². The van der Waals surface area contributed by atoms with E-state index in [0.29, 0.717) is 27.5 Å². The number of hydrogen-bond acceptors (Lipinski definition) is 3. The van der Waals surface area contributed by atoms with Gasteiger partial charge in [0.1, 0.15) is 11.5 Å². The van der Waals surface area contributed by atoms with E-state index in [9.17, 15) is 14.4 Å². The minimum atomic E-state index is -0.469. The lowest BCUT2D eigenvalue weighted by molar-refractivity contribution is 0.326. The van der Waals surface area contributed by atoms with E-state index in [0.717, 1.165) is 30.2 Å². The Labute approximate surface area is 165 Å². The molecular formula is C22H14FN3OS. The Morgan fingerprint density at radius 1 is 1.21 bits per heavy atom. The fourth-order valence-corrected chi connectivity index (χ4v) is 4.16. The van der Waals surface area contributed by atoms with Crippen molar-refractivity contribution >= 4 is 45.5 Å². The highest BCUT2D eigenvalue weighted by molar-refractivity contribution is 7.85. The number of hydrogen-bond donors (Lipinski definition) is 2. The van der Waals surface area contributed by atoms with Crippen LogP contribution in [0.15, 0.2) is 35.1 Å².